The largest absolute Gasteiger partial charge is 0.241 e. The fourth-order valence-corrected chi connectivity index (χ4v) is 3.43. The Labute approximate surface area is 133 Å². The Hall–Kier alpha value is -0.920. The van der Waals surface area contributed by atoms with Crippen LogP contribution in [0.4, 0.5) is 0 Å². The van der Waals surface area contributed by atoms with E-state index in [1.807, 2.05) is 38.1 Å². The first-order chi connectivity index (χ1) is 9.38. The molecule has 0 radical (unpaired) electrons. The first-order valence-corrected chi connectivity index (χ1v) is 8.79. The molecule has 0 amide bonds. The first kappa shape index (κ1) is 15.5. The predicted octanol–water partition coefficient (Wildman–Crippen LogP) is 3.64. The van der Waals surface area contributed by atoms with Crippen molar-refractivity contribution in [2.45, 2.75) is 24.8 Å². The average Bonchev–Trinajstić information content (AvgIpc) is 2.39. The molecule has 0 aromatic heterocycles. The van der Waals surface area contributed by atoms with Crippen molar-refractivity contribution in [1.29, 1.82) is 0 Å². The van der Waals surface area contributed by atoms with E-state index in [-0.39, 0.29) is 10.9 Å². The van der Waals surface area contributed by atoms with Gasteiger partial charge in [-0.15, -0.1) is 0 Å². The SMILES string of the molecule is Cc1ccc(C(C)NS(=O)(=O)c2ccc(I)cc2)cc1. The van der Waals surface area contributed by atoms with Crippen molar-refractivity contribution in [2.24, 2.45) is 0 Å². The van der Waals surface area contributed by atoms with Crippen LogP contribution in [0.1, 0.15) is 24.1 Å². The highest BCUT2D eigenvalue weighted by atomic mass is 127. The Morgan fingerprint density at radius 2 is 1.55 bits per heavy atom. The summed E-state index contributed by atoms with van der Waals surface area (Å²) in [6, 6.07) is 14.4. The molecule has 0 spiro atoms. The summed E-state index contributed by atoms with van der Waals surface area (Å²) in [6.45, 7) is 3.85. The van der Waals surface area contributed by atoms with E-state index in [0.717, 1.165) is 14.7 Å². The smallest absolute Gasteiger partial charge is 0.207 e. The molecule has 2 aromatic rings. The molecule has 5 heteroatoms. The molecule has 0 bridgehead atoms. The third kappa shape index (κ3) is 3.80. The predicted molar refractivity (Wildman–Crippen MR) is 89.1 cm³/mol. The van der Waals surface area contributed by atoms with Crippen LogP contribution in [0, 0.1) is 10.5 Å². The van der Waals surface area contributed by atoms with Gasteiger partial charge in [0.25, 0.3) is 0 Å². The molecule has 0 fully saturated rings. The van der Waals surface area contributed by atoms with Gasteiger partial charge >= 0.3 is 0 Å². The van der Waals surface area contributed by atoms with Crippen LogP contribution in [-0.4, -0.2) is 8.42 Å². The maximum absolute atomic E-state index is 12.3. The molecule has 106 valence electrons. The lowest BCUT2D eigenvalue weighted by molar-refractivity contribution is 0.567. The van der Waals surface area contributed by atoms with Crippen molar-refractivity contribution in [3.8, 4) is 0 Å². The van der Waals surface area contributed by atoms with Crippen molar-refractivity contribution in [1.82, 2.24) is 4.72 Å². The molecule has 0 aliphatic carbocycles. The average molecular weight is 401 g/mol. The molecule has 3 nitrogen and oxygen atoms in total. The van der Waals surface area contributed by atoms with Gasteiger partial charge in [-0.3, -0.25) is 0 Å². The van der Waals surface area contributed by atoms with E-state index in [0.29, 0.717) is 0 Å². The second-order valence-corrected chi connectivity index (χ2v) is 7.67. The van der Waals surface area contributed by atoms with Crippen LogP contribution < -0.4 is 4.72 Å². The van der Waals surface area contributed by atoms with Crippen LogP contribution in [-0.2, 0) is 10.0 Å². The minimum atomic E-state index is -3.49. The van der Waals surface area contributed by atoms with Gasteiger partial charge in [0.2, 0.25) is 10.0 Å². The Morgan fingerprint density at radius 1 is 1.00 bits per heavy atom. The zero-order valence-electron chi connectivity index (χ0n) is 11.3. The van der Waals surface area contributed by atoms with Crippen molar-refractivity contribution in [3.05, 3.63) is 63.2 Å². The minimum absolute atomic E-state index is 0.264. The molecule has 0 aliphatic rings. The Morgan fingerprint density at radius 3 is 2.10 bits per heavy atom. The van der Waals surface area contributed by atoms with Gasteiger partial charge in [-0.1, -0.05) is 29.8 Å². The fourth-order valence-electron chi connectivity index (χ4n) is 1.84. The van der Waals surface area contributed by atoms with Gasteiger partial charge in [0.05, 0.1) is 4.90 Å². The van der Waals surface area contributed by atoms with E-state index in [1.165, 1.54) is 0 Å². The van der Waals surface area contributed by atoms with Gasteiger partial charge in [-0.25, -0.2) is 13.1 Å². The summed E-state index contributed by atoms with van der Waals surface area (Å²) < 4.78 is 28.3. The molecule has 1 unspecified atom stereocenters. The number of benzene rings is 2. The van der Waals surface area contributed by atoms with Gasteiger partial charge in [0.1, 0.15) is 0 Å². The topological polar surface area (TPSA) is 46.2 Å². The molecular formula is C15H16INO2S. The zero-order chi connectivity index (χ0) is 14.8. The molecule has 2 aromatic carbocycles. The summed E-state index contributed by atoms with van der Waals surface area (Å²) in [5.74, 6) is 0. The highest BCUT2D eigenvalue weighted by Gasteiger charge is 2.18. The molecular weight excluding hydrogens is 385 g/mol. The number of hydrogen-bond acceptors (Lipinski definition) is 2. The van der Waals surface area contributed by atoms with Gasteiger partial charge < -0.3 is 0 Å². The van der Waals surface area contributed by atoms with Crippen molar-refractivity contribution >= 4 is 32.6 Å². The van der Waals surface area contributed by atoms with Crippen LogP contribution in [0.5, 0.6) is 0 Å². The monoisotopic (exact) mass is 401 g/mol. The van der Waals surface area contributed by atoms with E-state index >= 15 is 0 Å². The second-order valence-electron chi connectivity index (χ2n) is 4.71. The highest BCUT2D eigenvalue weighted by Crippen LogP contribution is 2.18. The number of aryl methyl sites for hydroxylation is 1. The van der Waals surface area contributed by atoms with Gasteiger partial charge in [-0.2, -0.15) is 0 Å². The number of halogens is 1. The maximum Gasteiger partial charge on any atom is 0.241 e. The lowest BCUT2D eigenvalue weighted by Gasteiger charge is -2.15. The standard InChI is InChI=1S/C15H16INO2S/c1-11-3-5-13(6-4-11)12(2)17-20(18,19)15-9-7-14(16)8-10-15/h3-10,12,17H,1-2H3. The minimum Gasteiger partial charge on any atom is -0.207 e. The molecule has 0 aliphatic heterocycles. The first-order valence-electron chi connectivity index (χ1n) is 6.23. The van der Waals surface area contributed by atoms with E-state index in [4.69, 9.17) is 0 Å². The number of sulfonamides is 1. The second kappa shape index (κ2) is 6.24. The Kier molecular flexibility index (Phi) is 4.82. The normalized spacial score (nSPS) is 13.2. The van der Waals surface area contributed by atoms with Crippen LogP contribution in [0.15, 0.2) is 53.4 Å². The number of rotatable bonds is 4. The van der Waals surface area contributed by atoms with Crippen LogP contribution in [0.2, 0.25) is 0 Å². The van der Waals surface area contributed by atoms with Gasteiger partial charge in [0, 0.05) is 9.61 Å². The quantitative estimate of drug-likeness (QED) is 0.796. The van der Waals surface area contributed by atoms with E-state index in [1.54, 1.807) is 24.3 Å². The number of nitrogens with one attached hydrogen (secondary N) is 1. The lowest BCUT2D eigenvalue weighted by atomic mass is 10.1. The molecule has 0 saturated heterocycles. The molecule has 2 rings (SSSR count). The van der Waals surface area contributed by atoms with Crippen molar-refractivity contribution in [2.75, 3.05) is 0 Å². The summed E-state index contributed by atoms with van der Waals surface area (Å²) in [4.78, 5) is 0.289. The third-order valence-corrected chi connectivity index (χ3v) is 5.31. The molecule has 1 N–H and O–H groups in total. The maximum atomic E-state index is 12.3. The van der Waals surface area contributed by atoms with Gasteiger partial charge in [-0.05, 0) is 66.3 Å². The zero-order valence-corrected chi connectivity index (χ0v) is 14.3. The fraction of sp³-hybridized carbons (Fsp3) is 0.200. The Balaban J connectivity index is 2.19. The van der Waals surface area contributed by atoms with Gasteiger partial charge in [0.15, 0.2) is 0 Å². The molecule has 0 saturated carbocycles. The third-order valence-electron chi connectivity index (χ3n) is 3.03. The molecule has 0 heterocycles. The van der Waals surface area contributed by atoms with Crippen LogP contribution in [0.25, 0.3) is 0 Å². The Bertz CT molecular complexity index is 679. The van der Waals surface area contributed by atoms with E-state index in [9.17, 15) is 8.42 Å². The molecule has 20 heavy (non-hydrogen) atoms. The van der Waals surface area contributed by atoms with E-state index in [2.05, 4.69) is 27.3 Å². The van der Waals surface area contributed by atoms with Crippen molar-refractivity contribution < 1.29 is 8.42 Å². The summed E-state index contributed by atoms with van der Waals surface area (Å²) in [5, 5.41) is 0. The lowest BCUT2D eigenvalue weighted by Crippen LogP contribution is -2.26. The summed E-state index contributed by atoms with van der Waals surface area (Å²) in [5.41, 5.74) is 2.10. The molecule has 1 atom stereocenters. The summed E-state index contributed by atoms with van der Waals surface area (Å²) in [7, 11) is -3.49. The summed E-state index contributed by atoms with van der Waals surface area (Å²) >= 11 is 2.15. The van der Waals surface area contributed by atoms with Crippen LogP contribution in [0.3, 0.4) is 0 Å². The summed E-state index contributed by atoms with van der Waals surface area (Å²) in [6.07, 6.45) is 0. The highest BCUT2D eigenvalue weighted by molar-refractivity contribution is 14.1. The number of hydrogen-bond donors (Lipinski definition) is 1. The van der Waals surface area contributed by atoms with Crippen molar-refractivity contribution in [3.63, 3.8) is 0 Å². The van der Waals surface area contributed by atoms with Crippen LogP contribution >= 0.6 is 22.6 Å². The van der Waals surface area contributed by atoms with E-state index < -0.39 is 10.0 Å².